The van der Waals surface area contributed by atoms with Gasteiger partial charge in [0.25, 0.3) is 0 Å². The number of likely N-dealkylation sites (N-methyl/N-ethyl adjacent to an activating group) is 1. The summed E-state index contributed by atoms with van der Waals surface area (Å²) in [6.45, 7) is 10.9. The molecule has 1 atom stereocenters. The lowest BCUT2D eigenvalue weighted by Crippen LogP contribution is -2.33. The van der Waals surface area contributed by atoms with Crippen molar-refractivity contribution >= 4 is 34.4 Å². The first-order chi connectivity index (χ1) is 18.0. The van der Waals surface area contributed by atoms with Gasteiger partial charge in [-0.05, 0) is 56.6 Å². The molecule has 0 spiro atoms. The molecular weight excluding hydrogens is 486 g/mol. The molecule has 1 aliphatic heterocycles. The van der Waals surface area contributed by atoms with Crippen LogP contribution < -0.4 is 0 Å². The van der Waals surface area contributed by atoms with E-state index >= 15 is 0 Å². The predicted octanol–water partition coefficient (Wildman–Crippen LogP) is 6.31. The first-order valence-corrected chi connectivity index (χ1v) is 13.9. The molecule has 6 nitrogen and oxygen atoms in total. The lowest BCUT2D eigenvalue weighted by molar-refractivity contribution is -0.145. The van der Waals surface area contributed by atoms with Gasteiger partial charge in [0, 0.05) is 53.2 Å². The van der Waals surface area contributed by atoms with Gasteiger partial charge in [-0.1, -0.05) is 55.8 Å². The Morgan fingerprint density at radius 3 is 2.51 bits per heavy atom. The number of fused-ring (bicyclic) bond motifs is 1. The maximum Gasteiger partial charge on any atom is 0.306 e. The van der Waals surface area contributed by atoms with Crippen LogP contribution >= 0.6 is 11.6 Å². The summed E-state index contributed by atoms with van der Waals surface area (Å²) in [7, 11) is 0. The number of likely N-dealkylation sites (tertiary alicyclic amines) is 1. The van der Waals surface area contributed by atoms with Crippen LogP contribution in [0.3, 0.4) is 0 Å². The molecular formula is C30H38ClN3O3. The minimum Gasteiger partial charge on any atom is -0.466 e. The van der Waals surface area contributed by atoms with Crippen LogP contribution in [0.15, 0.2) is 48.5 Å². The van der Waals surface area contributed by atoms with E-state index in [0.29, 0.717) is 18.2 Å². The fraction of sp³-hybridized carbons (Fsp3) is 0.467. The quantitative estimate of drug-likeness (QED) is 0.276. The Labute approximate surface area is 225 Å². The van der Waals surface area contributed by atoms with Gasteiger partial charge in [0.2, 0.25) is 5.91 Å². The van der Waals surface area contributed by atoms with E-state index < -0.39 is 0 Å². The third kappa shape index (κ3) is 6.02. The highest BCUT2D eigenvalue weighted by Crippen LogP contribution is 2.44. The molecule has 3 aromatic rings. The lowest BCUT2D eigenvalue weighted by Gasteiger charge is -2.28. The van der Waals surface area contributed by atoms with Crippen molar-refractivity contribution < 1.29 is 14.3 Å². The maximum absolute atomic E-state index is 13.4. The Bertz CT molecular complexity index is 1220. The van der Waals surface area contributed by atoms with E-state index in [0.717, 1.165) is 66.7 Å². The smallest absolute Gasteiger partial charge is 0.306 e. The number of carbonyl (C=O) groups is 2. The van der Waals surface area contributed by atoms with Crippen LogP contribution in [0.4, 0.5) is 0 Å². The third-order valence-electron chi connectivity index (χ3n) is 7.40. The van der Waals surface area contributed by atoms with Crippen LogP contribution in [-0.4, -0.2) is 59.0 Å². The Hall–Kier alpha value is -2.83. The van der Waals surface area contributed by atoms with Crippen molar-refractivity contribution in [3.8, 4) is 11.1 Å². The number of hydrogen-bond acceptors (Lipinski definition) is 4. The number of aromatic nitrogens is 1. The molecule has 0 radical (unpaired) electrons. The zero-order valence-corrected chi connectivity index (χ0v) is 23.0. The van der Waals surface area contributed by atoms with E-state index in [1.807, 2.05) is 17.0 Å². The van der Waals surface area contributed by atoms with Crippen LogP contribution in [0, 0.1) is 0 Å². The molecule has 2 aromatic carbocycles. The van der Waals surface area contributed by atoms with Gasteiger partial charge in [-0.25, -0.2) is 0 Å². The van der Waals surface area contributed by atoms with Crippen molar-refractivity contribution in [1.82, 2.24) is 14.4 Å². The number of rotatable bonds is 11. The third-order valence-corrected chi connectivity index (χ3v) is 7.63. The Morgan fingerprint density at radius 1 is 1.05 bits per heavy atom. The van der Waals surface area contributed by atoms with Crippen molar-refractivity contribution in [3.63, 3.8) is 0 Å². The van der Waals surface area contributed by atoms with Crippen LogP contribution in [0.5, 0.6) is 0 Å². The minimum absolute atomic E-state index is 0.00754. The van der Waals surface area contributed by atoms with E-state index in [9.17, 15) is 9.59 Å². The second kappa shape index (κ2) is 12.6. The number of carbonyl (C=O) groups excluding carboxylic acids is 2. The number of halogens is 1. The number of amides is 1. The normalized spacial score (nSPS) is 15.6. The molecule has 1 aliphatic rings. The van der Waals surface area contributed by atoms with Crippen molar-refractivity contribution in [2.45, 2.75) is 59.0 Å². The molecule has 0 N–H and O–H groups in total. The highest BCUT2D eigenvalue weighted by atomic mass is 35.5. The molecule has 2 heterocycles. The largest absolute Gasteiger partial charge is 0.466 e. The summed E-state index contributed by atoms with van der Waals surface area (Å²) in [6, 6.07) is 16.5. The Balaban J connectivity index is 1.81. The molecule has 4 rings (SSSR count). The summed E-state index contributed by atoms with van der Waals surface area (Å²) in [6.07, 6.45) is 2.10. The first kappa shape index (κ1) is 27.2. The van der Waals surface area contributed by atoms with E-state index in [-0.39, 0.29) is 30.8 Å². The van der Waals surface area contributed by atoms with Crippen molar-refractivity contribution in [1.29, 1.82) is 0 Å². The zero-order chi connectivity index (χ0) is 26.4. The number of hydrogen-bond donors (Lipinski definition) is 0. The van der Waals surface area contributed by atoms with Gasteiger partial charge >= 0.3 is 5.97 Å². The van der Waals surface area contributed by atoms with Crippen LogP contribution in [-0.2, 0) is 20.9 Å². The van der Waals surface area contributed by atoms with E-state index in [4.69, 9.17) is 16.3 Å². The second-order valence-electron chi connectivity index (χ2n) is 9.52. The molecule has 1 amide bonds. The number of esters is 1. The minimum atomic E-state index is -0.320. The van der Waals surface area contributed by atoms with Crippen LogP contribution in [0.25, 0.3) is 22.0 Å². The Kier molecular flexibility index (Phi) is 9.28. The van der Waals surface area contributed by atoms with E-state index in [1.165, 1.54) is 0 Å². The van der Waals surface area contributed by atoms with Gasteiger partial charge in [-0.15, -0.1) is 0 Å². The molecule has 0 bridgehead atoms. The highest BCUT2D eigenvalue weighted by Gasteiger charge is 2.35. The monoisotopic (exact) mass is 523 g/mol. The molecule has 7 heteroatoms. The SMILES string of the molecule is CCOC(=O)CCC(=O)N1CCCC1c1c(-c2ccccc2)c2cc(Cl)ccc2n1CCN(CC)CC. The average Bonchev–Trinajstić information content (AvgIpc) is 3.51. The number of benzene rings is 2. The molecule has 0 saturated carbocycles. The van der Waals surface area contributed by atoms with Gasteiger partial charge in [0.15, 0.2) is 0 Å². The van der Waals surface area contributed by atoms with Gasteiger partial charge < -0.3 is 19.1 Å². The fourth-order valence-corrected chi connectivity index (χ4v) is 5.73. The molecule has 0 aliphatic carbocycles. The van der Waals surface area contributed by atoms with E-state index in [1.54, 1.807) is 6.92 Å². The van der Waals surface area contributed by atoms with E-state index in [2.05, 4.69) is 59.7 Å². The zero-order valence-electron chi connectivity index (χ0n) is 22.2. The lowest BCUT2D eigenvalue weighted by atomic mass is 9.97. The molecule has 37 heavy (non-hydrogen) atoms. The molecule has 1 aromatic heterocycles. The molecule has 1 unspecified atom stereocenters. The van der Waals surface area contributed by atoms with Crippen molar-refractivity contribution in [3.05, 3.63) is 59.2 Å². The first-order valence-electron chi connectivity index (χ1n) is 13.5. The predicted molar refractivity (Wildman–Crippen MR) is 150 cm³/mol. The standard InChI is InChI=1S/C30H38ClN3O3/c1-4-32(5-2)19-20-34-25-15-14-23(31)21-24(25)29(22-11-8-7-9-12-22)30(34)26-13-10-18-33(26)27(35)16-17-28(36)37-6-3/h7-9,11-12,14-15,21,26H,4-6,10,13,16-20H2,1-3H3. The van der Waals surface area contributed by atoms with Gasteiger partial charge in [-0.3, -0.25) is 9.59 Å². The molecule has 1 fully saturated rings. The maximum atomic E-state index is 13.4. The highest BCUT2D eigenvalue weighted by molar-refractivity contribution is 6.31. The topological polar surface area (TPSA) is 54.8 Å². The Morgan fingerprint density at radius 2 is 1.81 bits per heavy atom. The van der Waals surface area contributed by atoms with Gasteiger partial charge in [0.05, 0.1) is 19.1 Å². The molecule has 198 valence electrons. The average molecular weight is 524 g/mol. The van der Waals surface area contributed by atoms with Crippen molar-refractivity contribution in [2.24, 2.45) is 0 Å². The summed E-state index contributed by atoms with van der Waals surface area (Å²) < 4.78 is 7.47. The fourth-order valence-electron chi connectivity index (χ4n) is 5.56. The number of nitrogens with zero attached hydrogens (tertiary/aromatic N) is 3. The molecule has 1 saturated heterocycles. The summed E-state index contributed by atoms with van der Waals surface area (Å²) in [4.78, 5) is 29.8. The van der Waals surface area contributed by atoms with Gasteiger partial charge in [-0.2, -0.15) is 0 Å². The summed E-state index contributed by atoms with van der Waals surface area (Å²) in [5.74, 6) is -0.312. The van der Waals surface area contributed by atoms with Gasteiger partial charge in [0.1, 0.15) is 0 Å². The summed E-state index contributed by atoms with van der Waals surface area (Å²) in [5, 5.41) is 1.81. The summed E-state index contributed by atoms with van der Waals surface area (Å²) >= 11 is 6.52. The summed E-state index contributed by atoms with van der Waals surface area (Å²) in [5.41, 5.74) is 4.57. The van der Waals surface area contributed by atoms with Crippen molar-refractivity contribution in [2.75, 3.05) is 32.8 Å². The second-order valence-corrected chi connectivity index (χ2v) is 9.95. The van der Waals surface area contributed by atoms with Crippen LogP contribution in [0.2, 0.25) is 5.02 Å². The van der Waals surface area contributed by atoms with Crippen LogP contribution in [0.1, 0.15) is 58.2 Å². The number of ether oxygens (including phenoxy) is 1.